The van der Waals surface area contributed by atoms with Crippen molar-refractivity contribution in [2.75, 3.05) is 0 Å². The molecule has 6 atom stereocenters. The first-order valence-electron chi connectivity index (χ1n) is 8.09. The first-order valence-corrected chi connectivity index (χ1v) is 8.09. The largest absolute Gasteiger partial charge is 0.393 e. The van der Waals surface area contributed by atoms with E-state index in [1.165, 1.54) is 0 Å². The van der Waals surface area contributed by atoms with Gasteiger partial charge in [-0.25, -0.2) is 0 Å². The van der Waals surface area contributed by atoms with E-state index in [9.17, 15) is 20.1 Å². The van der Waals surface area contributed by atoms with Gasteiger partial charge in [-0.3, -0.25) is 0 Å². The molecule has 4 heteroatoms. The highest BCUT2D eigenvalue weighted by Crippen LogP contribution is 2.58. The first kappa shape index (κ1) is 16.9. The van der Waals surface area contributed by atoms with Crippen LogP contribution in [0.4, 0.5) is 0 Å². The summed E-state index contributed by atoms with van der Waals surface area (Å²) in [7, 11) is 0. The van der Waals surface area contributed by atoms with E-state index in [0.29, 0.717) is 12.8 Å². The van der Waals surface area contributed by atoms with Crippen LogP contribution in [0.1, 0.15) is 59.8 Å². The molecule has 3 N–H and O–H groups in total. The second kappa shape index (κ2) is 5.32. The van der Waals surface area contributed by atoms with Crippen LogP contribution >= 0.6 is 0 Å². The second-order valence-electron chi connectivity index (χ2n) is 8.47. The average molecular weight is 298 g/mol. The second-order valence-corrected chi connectivity index (χ2v) is 8.47. The van der Waals surface area contributed by atoms with Gasteiger partial charge in [0.1, 0.15) is 6.29 Å². The van der Waals surface area contributed by atoms with Crippen LogP contribution in [0, 0.1) is 22.7 Å². The predicted octanol–water partition coefficient (Wildman–Crippen LogP) is 1.90. The molecule has 3 unspecified atom stereocenters. The van der Waals surface area contributed by atoms with Crippen molar-refractivity contribution >= 4 is 6.29 Å². The Kier molecular flexibility index (Phi) is 4.29. The molecular formula is C17H30O4. The molecule has 2 aliphatic rings. The Hall–Kier alpha value is -0.450. The minimum atomic E-state index is -1.17. The van der Waals surface area contributed by atoms with E-state index in [2.05, 4.69) is 6.92 Å². The summed E-state index contributed by atoms with van der Waals surface area (Å²) in [6, 6.07) is 0. The molecule has 0 aromatic heterocycles. The van der Waals surface area contributed by atoms with Crippen LogP contribution < -0.4 is 0 Å². The van der Waals surface area contributed by atoms with Gasteiger partial charge in [0.25, 0.3) is 0 Å². The lowest BCUT2D eigenvalue weighted by Gasteiger charge is -2.60. The molecule has 4 nitrogen and oxygen atoms in total. The molecule has 2 fully saturated rings. The number of hydrogen-bond donors (Lipinski definition) is 3. The number of rotatable bonds is 2. The van der Waals surface area contributed by atoms with Crippen LogP contribution in [0.5, 0.6) is 0 Å². The van der Waals surface area contributed by atoms with Crippen molar-refractivity contribution in [2.45, 2.75) is 77.6 Å². The number of carbonyl (C=O) groups excluding carboxylic acids is 1. The van der Waals surface area contributed by atoms with Crippen molar-refractivity contribution in [3.05, 3.63) is 0 Å². The molecule has 0 heterocycles. The maximum atomic E-state index is 11.1. The Morgan fingerprint density at radius 3 is 2.33 bits per heavy atom. The van der Waals surface area contributed by atoms with Crippen LogP contribution in [0.15, 0.2) is 0 Å². The normalized spacial score (nSPS) is 47.8. The molecule has 0 spiro atoms. The molecule has 2 saturated carbocycles. The SMILES string of the molecule is CC(C)(C)[C@@]1(O)CC[C@@]2(C)CCC(O)C(CC=O)C2[C@@H]1O. The number of carbonyl (C=O) groups is 1. The average Bonchev–Trinajstić information content (AvgIpc) is 2.38. The van der Waals surface area contributed by atoms with E-state index >= 15 is 0 Å². The van der Waals surface area contributed by atoms with E-state index in [-0.39, 0.29) is 23.7 Å². The molecule has 122 valence electrons. The summed E-state index contributed by atoms with van der Waals surface area (Å²) in [5, 5.41) is 32.3. The third-order valence-corrected chi connectivity index (χ3v) is 6.35. The van der Waals surface area contributed by atoms with Crippen LogP contribution in [-0.4, -0.2) is 39.4 Å². The summed E-state index contributed by atoms with van der Waals surface area (Å²) in [5.74, 6) is -0.491. The summed E-state index contributed by atoms with van der Waals surface area (Å²) in [6.07, 6.45) is 2.51. The number of fused-ring (bicyclic) bond motifs is 1. The van der Waals surface area contributed by atoms with E-state index in [1.807, 2.05) is 20.8 Å². The standard InChI is InChI=1S/C17H30O4/c1-15(2,3)17(21)9-8-16(4)7-5-12(19)11(6-10-18)13(16)14(17)20/h10-14,19-21H,5-9H2,1-4H3/t11?,12?,13?,14-,16+,17+/m0/s1. The maximum absolute atomic E-state index is 11.1. The summed E-state index contributed by atoms with van der Waals surface area (Å²) in [4.78, 5) is 11.0. The first-order chi connectivity index (χ1) is 9.57. The van der Waals surface area contributed by atoms with Crippen molar-refractivity contribution in [3.8, 4) is 0 Å². The minimum Gasteiger partial charge on any atom is -0.393 e. The number of aliphatic hydroxyl groups is 3. The summed E-state index contributed by atoms with van der Waals surface area (Å²) < 4.78 is 0. The molecule has 2 rings (SSSR count). The van der Waals surface area contributed by atoms with E-state index in [4.69, 9.17) is 0 Å². The zero-order valence-corrected chi connectivity index (χ0v) is 13.7. The summed E-state index contributed by atoms with van der Waals surface area (Å²) >= 11 is 0. The molecule has 0 aromatic carbocycles. The highest BCUT2D eigenvalue weighted by atomic mass is 16.3. The molecule has 2 aliphatic carbocycles. The third-order valence-electron chi connectivity index (χ3n) is 6.35. The van der Waals surface area contributed by atoms with Crippen LogP contribution in [0.3, 0.4) is 0 Å². The number of hydrogen-bond acceptors (Lipinski definition) is 4. The van der Waals surface area contributed by atoms with Crippen molar-refractivity contribution in [1.82, 2.24) is 0 Å². The zero-order chi connectivity index (χ0) is 16.1. The van der Waals surface area contributed by atoms with E-state index in [0.717, 1.165) is 19.1 Å². The lowest BCUT2D eigenvalue weighted by Crippen LogP contribution is -2.65. The van der Waals surface area contributed by atoms with Gasteiger partial charge in [-0.15, -0.1) is 0 Å². The smallest absolute Gasteiger partial charge is 0.120 e. The Morgan fingerprint density at radius 1 is 1.19 bits per heavy atom. The zero-order valence-electron chi connectivity index (χ0n) is 13.7. The Morgan fingerprint density at radius 2 is 1.81 bits per heavy atom. The van der Waals surface area contributed by atoms with Crippen molar-refractivity contribution in [2.24, 2.45) is 22.7 Å². The minimum absolute atomic E-state index is 0.107. The topological polar surface area (TPSA) is 77.8 Å². The third kappa shape index (κ3) is 2.55. The highest BCUT2D eigenvalue weighted by molar-refractivity contribution is 5.50. The molecule has 0 aromatic rings. The molecule has 21 heavy (non-hydrogen) atoms. The fraction of sp³-hybridized carbons (Fsp3) is 0.941. The maximum Gasteiger partial charge on any atom is 0.120 e. The Balaban J connectivity index is 2.41. The van der Waals surface area contributed by atoms with Gasteiger partial charge >= 0.3 is 0 Å². The van der Waals surface area contributed by atoms with Gasteiger partial charge in [0.05, 0.1) is 17.8 Å². The lowest BCUT2D eigenvalue weighted by atomic mass is 9.48. The van der Waals surface area contributed by atoms with Gasteiger partial charge in [-0.05, 0) is 48.3 Å². The molecular weight excluding hydrogens is 268 g/mol. The summed E-state index contributed by atoms with van der Waals surface area (Å²) in [6.45, 7) is 7.94. The van der Waals surface area contributed by atoms with E-state index < -0.39 is 23.2 Å². The molecule has 0 amide bonds. The molecule has 0 saturated heterocycles. The molecule has 0 bridgehead atoms. The highest BCUT2D eigenvalue weighted by Gasteiger charge is 2.60. The Labute approximate surface area is 127 Å². The Bertz CT molecular complexity index is 402. The van der Waals surface area contributed by atoms with Crippen LogP contribution in [0.25, 0.3) is 0 Å². The van der Waals surface area contributed by atoms with Gasteiger partial charge in [0, 0.05) is 6.42 Å². The fourth-order valence-corrected chi connectivity index (χ4v) is 4.68. The predicted molar refractivity (Wildman–Crippen MR) is 80.7 cm³/mol. The monoisotopic (exact) mass is 298 g/mol. The van der Waals surface area contributed by atoms with Gasteiger partial charge in [-0.2, -0.15) is 0 Å². The summed E-state index contributed by atoms with van der Waals surface area (Å²) in [5.41, 5.74) is -1.72. The fourth-order valence-electron chi connectivity index (χ4n) is 4.68. The van der Waals surface area contributed by atoms with Crippen molar-refractivity contribution in [3.63, 3.8) is 0 Å². The van der Waals surface area contributed by atoms with Gasteiger partial charge in [-0.1, -0.05) is 27.7 Å². The van der Waals surface area contributed by atoms with E-state index in [1.54, 1.807) is 0 Å². The molecule has 0 aliphatic heterocycles. The van der Waals surface area contributed by atoms with Crippen molar-refractivity contribution in [1.29, 1.82) is 0 Å². The van der Waals surface area contributed by atoms with Gasteiger partial charge in [0.15, 0.2) is 0 Å². The molecule has 0 radical (unpaired) electrons. The van der Waals surface area contributed by atoms with Crippen LogP contribution in [-0.2, 0) is 4.79 Å². The van der Waals surface area contributed by atoms with Gasteiger partial charge < -0.3 is 20.1 Å². The number of aldehydes is 1. The lowest BCUT2D eigenvalue weighted by molar-refractivity contribution is -0.237. The number of aliphatic hydroxyl groups excluding tert-OH is 2. The van der Waals surface area contributed by atoms with Gasteiger partial charge in [0.2, 0.25) is 0 Å². The van der Waals surface area contributed by atoms with Crippen LogP contribution in [0.2, 0.25) is 0 Å². The quantitative estimate of drug-likeness (QED) is 0.680. The van der Waals surface area contributed by atoms with Crippen molar-refractivity contribution < 1.29 is 20.1 Å².